The first-order valence-corrected chi connectivity index (χ1v) is 8.61. The first kappa shape index (κ1) is 18.2. The van der Waals surface area contributed by atoms with Crippen LogP contribution in [0.5, 0.6) is 0 Å². The molecule has 0 saturated carbocycles. The third-order valence-electron chi connectivity index (χ3n) is 4.37. The van der Waals surface area contributed by atoms with Crippen LogP contribution in [0.4, 0.5) is 0 Å². The SMILES string of the molecule is CCCOCNC(=O)C(c1ccccc1)(c1ccccc1)C(C)C. The lowest BCUT2D eigenvalue weighted by Crippen LogP contribution is -2.49. The Kier molecular flexibility index (Phi) is 6.56. The molecule has 0 heterocycles. The fourth-order valence-corrected chi connectivity index (χ4v) is 3.23. The van der Waals surface area contributed by atoms with Crippen molar-refractivity contribution in [1.82, 2.24) is 5.32 Å². The summed E-state index contributed by atoms with van der Waals surface area (Å²) in [7, 11) is 0. The number of ether oxygens (including phenoxy) is 1. The third kappa shape index (κ3) is 3.68. The molecule has 2 rings (SSSR count). The van der Waals surface area contributed by atoms with Gasteiger partial charge in [0.15, 0.2) is 0 Å². The van der Waals surface area contributed by atoms with E-state index in [4.69, 9.17) is 4.74 Å². The standard InChI is InChI=1S/C21H27NO2/c1-4-15-24-16-22-20(23)21(17(2)3,18-11-7-5-8-12-18)19-13-9-6-10-14-19/h5-14,17H,4,15-16H2,1-3H3,(H,22,23). The molecule has 3 heteroatoms. The molecule has 2 aromatic rings. The highest BCUT2D eigenvalue weighted by molar-refractivity contribution is 5.92. The van der Waals surface area contributed by atoms with Gasteiger partial charge in [0, 0.05) is 6.61 Å². The van der Waals surface area contributed by atoms with Gasteiger partial charge in [0.1, 0.15) is 12.1 Å². The Bertz CT molecular complexity index is 583. The molecule has 0 aliphatic rings. The summed E-state index contributed by atoms with van der Waals surface area (Å²) in [5.74, 6) is 0.0690. The van der Waals surface area contributed by atoms with Crippen LogP contribution in [0.25, 0.3) is 0 Å². The first-order valence-electron chi connectivity index (χ1n) is 8.61. The molecule has 0 aliphatic heterocycles. The van der Waals surface area contributed by atoms with E-state index in [1.165, 1.54) is 0 Å². The van der Waals surface area contributed by atoms with Crippen LogP contribution in [0.15, 0.2) is 60.7 Å². The first-order chi connectivity index (χ1) is 11.6. The maximum atomic E-state index is 13.3. The van der Waals surface area contributed by atoms with E-state index in [-0.39, 0.29) is 18.6 Å². The molecule has 0 unspecified atom stereocenters. The second-order valence-electron chi connectivity index (χ2n) is 6.25. The van der Waals surface area contributed by atoms with Crippen LogP contribution in [0.3, 0.4) is 0 Å². The van der Waals surface area contributed by atoms with Crippen molar-refractivity contribution in [3.8, 4) is 0 Å². The summed E-state index contributed by atoms with van der Waals surface area (Å²) in [5, 5.41) is 2.98. The van der Waals surface area contributed by atoms with E-state index in [2.05, 4.69) is 19.2 Å². The van der Waals surface area contributed by atoms with Gasteiger partial charge in [-0.25, -0.2) is 0 Å². The molecule has 1 amide bonds. The van der Waals surface area contributed by atoms with Crippen molar-refractivity contribution < 1.29 is 9.53 Å². The number of hydrogen-bond acceptors (Lipinski definition) is 2. The fourth-order valence-electron chi connectivity index (χ4n) is 3.23. The van der Waals surface area contributed by atoms with Gasteiger partial charge >= 0.3 is 0 Å². The van der Waals surface area contributed by atoms with Crippen molar-refractivity contribution in [1.29, 1.82) is 0 Å². The van der Waals surface area contributed by atoms with Crippen LogP contribution < -0.4 is 5.32 Å². The molecule has 128 valence electrons. The predicted molar refractivity (Wildman–Crippen MR) is 97.8 cm³/mol. The van der Waals surface area contributed by atoms with E-state index < -0.39 is 5.41 Å². The molecule has 0 bridgehead atoms. The van der Waals surface area contributed by atoms with E-state index in [9.17, 15) is 4.79 Å². The second kappa shape index (κ2) is 8.65. The Morgan fingerprint density at radius 2 is 1.50 bits per heavy atom. The van der Waals surface area contributed by atoms with Gasteiger partial charge in [0.25, 0.3) is 0 Å². The number of rotatable bonds is 8. The van der Waals surface area contributed by atoms with E-state index >= 15 is 0 Å². The van der Waals surface area contributed by atoms with Gasteiger partial charge in [0.05, 0.1) is 0 Å². The minimum absolute atomic E-state index is 0.0222. The van der Waals surface area contributed by atoms with Crippen LogP contribution in [-0.4, -0.2) is 19.2 Å². The highest BCUT2D eigenvalue weighted by Crippen LogP contribution is 2.39. The van der Waals surface area contributed by atoms with E-state index in [0.717, 1.165) is 17.5 Å². The normalized spacial score (nSPS) is 11.5. The van der Waals surface area contributed by atoms with Gasteiger partial charge in [-0.2, -0.15) is 0 Å². The van der Waals surface area contributed by atoms with Crippen LogP contribution in [0.1, 0.15) is 38.3 Å². The second-order valence-corrected chi connectivity index (χ2v) is 6.25. The van der Waals surface area contributed by atoms with Gasteiger partial charge in [-0.05, 0) is 23.5 Å². The fraction of sp³-hybridized carbons (Fsp3) is 0.381. The Balaban J connectivity index is 2.45. The molecule has 0 aliphatic carbocycles. The quantitative estimate of drug-likeness (QED) is 0.585. The minimum Gasteiger partial charge on any atom is -0.361 e. The van der Waals surface area contributed by atoms with E-state index in [1.807, 2.05) is 67.6 Å². The maximum Gasteiger partial charge on any atom is 0.237 e. The van der Waals surface area contributed by atoms with Gasteiger partial charge in [0.2, 0.25) is 5.91 Å². The van der Waals surface area contributed by atoms with E-state index in [1.54, 1.807) is 0 Å². The zero-order valence-corrected chi connectivity index (χ0v) is 14.8. The molecule has 0 saturated heterocycles. The smallest absolute Gasteiger partial charge is 0.237 e. The van der Waals surface area contributed by atoms with Crippen molar-refractivity contribution in [2.75, 3.05) is 13.3 Å². The lowest BCUT2D eigenvalue weighted by Gasteiger charge is -2.37. The average Bonchev–Trinajstić information content (AvgIpc) is 2.61. The molecule has 0 aromatic heterocycles. The summed E-state index contributed by atoms with van der Waals surface area (Å²) >= 11 is 0. The molecular weight excluding hydrogens is 298 g/mol. The molecule has 0 atom stereocenters. The van der Waals surface area contributed by atoms with Crippen molar-refractivity contribution in [2.45, 2.75) is 32.6 Å². The zero-order chi connectivity index (χ0) is 17.4. The summed E-state index contributed by atoms with van der Waals surface area (Å²) in [5.41, 5.74) is 1.26. The monoisotopic (exact) mass is 325 g/mol. The lowest BCUT2D eigenvalue weighted by molar-refractivity contribution is -0.128. The number of hydrogen-bond donors (Lipinski definition) is 1. The Morgan fingerprint density at radius 1 is 1.00 bits per heavy atom. The largest absolute Gasteiger partial charge is 0.361 e. The van der Waals surface area contributed by atoms with Crippen LogP contribution >= 0.6 is 0 Å². The van der Waals surface area contributed by atoms with Gasteiger partial charge in [-0.15, -0.1) is 0 Å². The van der Waals surface area contributed by atoms with Crippen LogP contribution in [0.2, 0.25) is 0 Å². The highest BCUT2D eigenvalue weighted by Gasteiger charge is 2.44. The summed E-state index contributed by atoms with van der Waals surface area (Å²) in [6, 6.07) is 20.0. The highest BCUT2D eigenvalue weighted by atomic mass is 16.5. The molecule has 24 heavy (non-hydrogen) atoms. The van der Waals surface area contributed by atoms with Crippen molar-refractivity contribution in [3.63, 3.8) is 0 Å². The minimum atomic E-state index is -0.738. The molecule has 0 fully saturated rings. The number of nitrogens with one attached hydrogen (secondary N) is 1. The Morgan fingerprint density at radius 3 is 1.92 bits per heavy atom. The molecule has 1 N–H and O–H groups in total. The summed E-state index contributed by atoms with van der Waals surface area (Å²) < 4.78 is 5.47. The van der Waals surface area contributed by atoms with Gasteiger partial charge in [-0.1, -0.05) is 81.4 Å². The topological polar surface area (TPSA) is 38.3 Å². The van der Waals surface area contributed by atoms with Crippen LogP contribution in [0, 0.1) is 5.92 Å². The summed E-state index contributed by atoms with van der Waals surface area (Å²) in [6.45, 7) is 7.11. The molecule has 2 aromatic carbocycles. The third-order valence-corrected chi connectivity index (χ3v) is 4.37. The number of benzene rings is 2. The van der Waals surface area contributed by atoms with Crippen LogP contribution in [-0.2, 0) is 14.9 Å². The Hall–Kier alpha value is -2.13. The van der Waals surface area contributed by atoms with Crippen molar-refractivity contribution >= 4 is 5.91 Å². The number of carbonyl (C=O) groups is 1. The molecule has 0 spiro atoms. The predicted octanol–water partition coefficient (Wildman–Crippen LogP) is 4.13. The average molecular weight is 325 g/mol. The summed E-state index contributed by atoms with van der Waals surface area (Å²) in [4.78, 5) is 13.3. The lowest BCUT2D eigenvalue weighted by atomic mass is 9.66. The zero-order valence-electron chi connectivity index (χ0n) is 14.8. The number of carbonyl (C=O) groups excluding carboxylic acids is 1. The van der Waals surface area contributed by atoms with E-state index in [0.29, 0.717) is 6.61 Å². The summed E-state index contributed by atoms with van der Waals surface area (Å²) in [6.07, 6.45) is 0.933. The van der Waals surface area contributed by atoms with Gasteiger partial charge in [-0.3, -0.25) is 4.79 Å². The Labute approximate surface area is 145 Å². The number of amides is 1. The van der Waals surface area contributed by atoms with Gasteiger partial charge < -0.3 is 10.1 Å². The van der Waals surface area contributed by atoms with Crippen molar-refractivity contribution in [3.05, 3.63) is 71.8 Å². The maximum absolute atomic E-state index is 13.3. The molecule has 0 radical (unpaired) electrons. The molecular formula is C21H27NO2. The van der Waals surface area contributed by atoms with Crippen molar-refractivity contribution in [2.24, 2.45) is 5.92 Å². The molecule has 3 nitrogen and oxygen atoms in total.